The number of piperidine rings is 1. The van der Waals surface area contributed by atoms with Gasteiger partial charge < -0.3 is 10.2 Å². The molecule has 2 aromatic rings. The first-order chi connectivity index (χ1) is 12.5. The van der Waals surface area contributed by atoms with Gasteiger partial charge in [0.1, 0.15) is 4.21 Å². The van der Waals surface area contributed by atoms with Crippen molar-refractivity contribution in [1.82, 2.24) is 10.2 Å². The Hall–Kier alpha value is -1.90. The highest BCUT2D eigenvalue weighted by molar-refractivity contribution is 7.94. The first kappa shape index (κ1) is 18.9. The molecule has 2 N–H and O–H groups in total. The molecule has 8 heteroatoms. The van der Waals surface area contributed by atoms with Gasteiger partial charge in [-0.2, -0.15) is 0 Å². The zero-order chi connectivity index (χ0) is 18.6. The van der Waals surface area contributed by atoms with E-state index in [2.05, 4.69) is 10.0 Å². The summed E-state index contributed by atoms with van der Waals surface area (Å²) in [5.41, 5.74) is 0.901. The molecule has 26 heavy (non-hydrogen) atoms. The number of carbonyl (C=O) groups is 1. The Kier molecular flexibility index (Phi) is 5.95. The van der Waals surface area contributed by atoms with Gasteiger partial charge in [-0.1, -0.05) is 12.1 Å². The zero-order valence-corrected chi connectivity index (χ0v) is 16.3. The van der Waals surface area contributed by atoms with Crippen molar-refractivity contribution >= 4 is 33.0 Å². The van der Waals surface area contributed by atoms with E-state index in [1.807, 2.05) is 11.9 Å². The van der Waals surface area contributed by atoms with Gasteiger partial charge in [0.15, 0.2) is 0 Å². The molecule has 0 spiro atoms. The van der Waals surface area contributed by atoms with Crippen LogP contribution in [0.4, 0.5) is 5.69 Å². The SMILES string of the molecule is CNCC1CCN(C(=O)c2cccc(NS(=O)(=O)c3cccs3)c2)CC1. The van der Waals surface area contributed by atoms with Gasteiger partial charge in [0, 0.05) is 24.3 Å². The number of nitrogens with one attached hydrogen (secondary N) is 2. The van der Waals surface area contributed by atoms with Gasteiger partial charge in [-0.25, -0.2) is 8.42 Å². The molecule has 1 aromatic carbocycles. The lowest BCUT2D eigenvalue weighted by Gasteiger charge is -2.32. The number of rotatable bonds is 6. The largest absolute Gasteiger partial charge is 0.339 e. The van der Waals surface area contributed by atoms with E-state index in [0.717, 1.165) is 43.8 Å². The van der Waals surface area contributed by atoms with E-state index in [9.17, 15) is 13.2 Å². The summed E-state index contributed by atoms with van der Waals surface area (Å²) in [5, 5.41) is 4.90. The number of thiophene rings is 1. The second kappa shape index (κ2) is 8.20. The van der Waals surface area contributed by atoms with Crippen molar-refractivity contribution in [3.8, 4) is 0 Å². The van der Waals surface area contributed by atoms with Crippen molar-refractivity contribution in [1.29, 1.82) is 0 Å². The molecule has 0 atom stereocenters. The zero-order valence-electron chi connectivity index (χ0n) is 14.6. The van der Waals surface area contributed by atoms with Crippen LogP contribution in [0.2, 0.25) is 0 Å². The summed E-state index contributed by atoms with van der Waals surface area (Å²) in [7, 11) is -1.67. The normalized spacial score (nSPS) is 15.8. The monoisotopic (exact) mass is 393 g/mol. The standard InChI is InChI=1S/C18H23N3O3S2/c1-19-13-14-7-9-21(10-8-14)18(22)15-4-2-5-16(12-15)20-26(23,24)17-6-3-11-25-17/h2-6,11-12,14,19-20H,7-10,13H2,1H3. The average Bonchev–Trinajstić information content (AvgIpc) is 3.18. The number of sulfonamides is 1. The van der Waals surface area contributed by atoms with Crippen molar-refractivity contribution in [3.05, 3.63) is 47.3 Å². The summed E-state index contributed by atoms with van der Waals surface area (Å²) in [6.45, 7) is 2.44. The molecule has 3 rings (SSSR count). The molecule has 0 bridgehead atoms. The van der Waals surface area contributed by atoms with Crippen LogP contribution in [0.15, 0.2) is 46.0 Å². The van der Waals surface area contributed by atoms with Gasteiger partial charge in [-0.05, 0) is 62.0 Å². The van der Waals surface area contributed by atoms with Crippen molar-refractivity contribution in [2.75, 3.05) is 31.4 Å². The number of carbonyl (C=O) groups excluding carboxylic acids is 1. The van der Waals surface area contributed by atoms with Crippen LogP contribution in [0, 0.1) is 5.92 Å². The molecule has 0 saturated carbocycles. The van der Waals surface area contributed by atoms with Crippen LogP contribution in [0.1, 0.15) is 23.2 Å². The molecule has 6 nitrogen and oxygen atoms in total. The lowest BCUT2D eigenvalue weighted by Crippen LogP contribution is -2.40. The third kappa shape index (κ3) is 4.44. The molecule has 1 aliphatic heterocycles. The number of benzene rings is 1. The van der Waals surface area contributed by atoms with Crippen LogP contribution in [0.5, 0.6) is 0 Å². The molecule has 1 amide bonds. The van der Waals surface area contributed by atoms with E-state index in [4.69, 9.17) is 0 Å². The fourth-order valence-electron chi connectivity index (χ4n) is 3.15. The van der Waals surface area contributed by atoms with E-state index in [1.165, 1.54) is 0 Å². The Morgan fingerprint density at radius 1 is 1.23 bits per heavy atom. The van der Waals surface area contributed by atoms with E-state index in [-0.39, 0.29) is 10.1 Å². The van der Waals surface area contributed by atoms with E-state index < -0.39 is 10.0 Å². The maximum atomic E-state index is 12.7. The molecular formula is C18H23N3O3S2. The topological polar surface area (TPSA) is 78.5 Å². The van der Waals surface area contributed by atoms with Gasteiger partial charge in [0.05, 0.1) is 0 Å². The maximum absolute atomic E-state index is 12.7. The second-order valence-electron chi connectivity index (χ2n) is 6.41. The Labute approximate surface area is 158 Å². The average molecular weight is 394 g/mol. The lowest BCUT2D eigenvalue weighted by atomic mass is 9.96. The van der Waals surface area contributed by atoms with Crippen LogP contribution in [0.25, 0.3) is 0 Å². The summed E-state index contributed by atoms with van der Waals surface area (Å²) >= 11 is 1.16. The summed E-state index contributed by atoms with van der Waals surface area (Å²) in [5.74, 6) is 0.554. The molecular weight excluding hydrogens is 370 g/mol. The van der Waals surface area contributed by atoms with Gasteiger partial charge in [-0.15, -0.1) is 11.3 Å². The minimum Gasteiger partial charge on any atom is -0.339 e. The molecule has 0 unspecified atom stereocenters. The molecule has 2 heterocycles. The summed E-state index contributed by atoms with van der Waals surface area (Å²) in [6.07, 6.45) is 1.97. The highest BCUT2D eigenvalue weighted by atomic mass is 32.2. The summed E-state index contributed by atoms with van der Waals surface area (Å²) < 4.78 is 27.5. The van der Waals surface area contributed by atoms with Crippen molar-refractivity contribution in [2.45, 2.75) is 17.1 Å². The third-order valence-electron chi connectivity index (χ3n) is 4.52. The molecule has 0 radical (unpaired) electrons. The predicted molar refractivity (Wildman–Crippen MR) is 104 cm³/mol. The van der Waals surface area contributed by atoms with Gasteiger partial charge >= 0.3 is 0 Å². The number of nitrogens with zero attached hydrogens (tertiary/aromatic N) is 1. The maximum Gasteiger partial charge on any atom is 0.271 e. The van der Waals surface area contributed by atoms with Crippen molar-refractivity contribution < 1.29 is 13.2 Å². The number of anilines is 1. The van der Waals surface area contributed by atoms with Gasteiger partial charge in [-0.3, -0.25) is 9.52 Å². The quantitative estimate of drug-likeness (QED) is 0.791. The molecule has 1 aromatic heterocycles. The van der Waals surface area contributed by atoms with Crippen LogP contribution >= 0.6 is 11.3 Å². The number of likely N-dealkylation sites (tertiary alicyclic amines) is 1. The van der Waals surface area contributed by atoms with Crippen molar-refractivity contribution in [2.24, 2.45) is 5.92 Å². The molecule has 1 fully saturated rings. The minimum atomic E-state index is -3.61. The number of amides is 1. The van der Waals surface area contributed by atoms with E-state index in [1.54, 1.807) is 41.8 Å². The first-order valence-electron chi connectivity index (χ1n) is 8.60. The van der Waals surface area contributed by atoms with Gasteiger partial charge in [0.2, 0.25) is 0 Å². The number of hydrogen-bond acceptors (Lipinski definition) is 5. The van der Waals surface area contributed by atoms with Crippen LogP contribution < -0.4 is 10.0 Å². The summed E-state index contributed by atoms with van der Waals surface area (Å²) in [6, 6.07) is 9.93. The molecule has 1 saturated heterocycles. The van der Waals surface area contributed by atoms with Gasteiger partial charge in [0.25, 0.3) is 15.9 Å². The first-order valence-corrected chi connectivity index (χ1v) is 11.0. The van der Waals surface area contributed by atoms with Crippen LogP contribution in [-0.2, 0) is 10.0 Å². The highest BCUT2D eigenvalue weighted by Gasteiger charge is 2.23. The number of hydrogen-bond donors (Lipinski definition) is 2. The molecule has 140 valence electrons. The van der Waals surface area contributed by atoms with Crippen molar-refractivity contribution in [3.63, 3.8) is 0 Å². The summed E-state index contributed by atoms with van der Waals surface area (Å²) in [4.78, 5) is 14.6. The van der Waals surface area contributed by atoms with Crippen LogP contribution in [0.3, 0.4) is 0 Å². The van der Waals surface area contributed by atoms with E-state index >= 15 is 0 Å². The fraction of sp³-hybridized carbons (Fsp3) is 0.389. The Balaban J connectivity index is 1.68. The Bertz CT molecular complexity index is 842. The lowest BCUT2D eigenvalue weighted by molar-refractivity contribution is 0.0691. The Morgan fingerprint density at radius 3 is 2.65 bits per heavy atom. The Morgan fingerprint density at radius 2 is 2.00 bits per heavy atom. The highest BCUT2D eigenvalue weighted by Crippen LogP contribution is 2.23. The molecule has 1 aliphatic rings. The second-order valence-corrected chi connectivity index (χ2v) is 9.27. The fourth-order valence-corrected chi connectivity index (χ4v) is 5.19. The predicted octanol–water partition coefficient (Wildman–Crippen LogP) is 2.62. The minimum absolute atomic E-state index is 0.0509. The smallest absolute Gasteiger partial charge is 0.271 e. The third-order valence-corrected chi connectivity index (χ3v) is 7.29. The van der Waals surface area contributed by atoms with Crippen LogP contribution in [-0.4, -0.2) is 45.9 Å². The molecule has 0 aliphatic carbocycles. The van der Waals surface area contributed by atoms with E-state index in [0.29, 0.717) is 17.2 Å².